The standard InChI is InChI=1S/C10H12N6O7S3/c11-5-6(17)16-7(23-10(18)19)3(1-24-8(5)16)4(2-26(20,21)22)25-9-12-14-15-13-9/h4-5,8H,1-2,11H2,(H,18,19)(H,20,21,22)(H,12,13,14,15)/t4?,5-,8+/m1/s1. The number of thioether (sulfide) groups is 2. The summed E-state index contributed by atoms with van der Waals surface area (Å²) in [5.74, 6) is -1.48. The maximum atomic E-state index is 12.0. The van der Waals surface area contributed by atoms with Crippen LogP contribution in [-0.4, -0.2) is 83.8 Å². The molecule has 3 heterocycles. The molecule has 26 heavy (non-hydrogen) atoms. The van der Waals surface area contributed by atoms with Gasteiger partial charge in [0.25, 0.3) is 10.1 Å². The van der Waals surface area contributed by atoms with Crippen molar-refractivity contribution in [2.75, 3.05) is 11.5 Å². The van der Waals surface area contributed by atoms with Gasteiger partial charge in [0.2, 0.25) is 16.9 Å². The summed E-state index contributed by atoms with van der Waals surface area (Å²) in [4.78, 5) is 24.2. The maximum absolute atomic E-state index is 12.0. The Morgan fingerprint density at radius 1 is 1.58 bits per heavy atom. The molecule has 13 nitrogen and oxygen atoms in total. The molecule has 0 spiro atoms. The van der Waals surface area contributed by atoms with E-state index in [1.54, 1.807) is 0 Å². The number of hydrogen-bond donors (Lipinski definition) is 4. The lowest BCUT2D eigenvalue weighted by molar-refractivity contribution is -0.144. The van der Waals surface area contributed by atoms with Gasteiger partial charge in [-0.3, -0.25) is 14.2 Å². The fraction of sp³-hybridized carbons (Fsp3) is 0.500. The number of aromatic amines is 1. The molecule has 0 saturated carbocycles. The highest BCUT2D eigenvalue weighted by Gasteiger charge is 2.52. The molecule has 0 aliphatic carbocycles. The second-order valence-corrected chi connectivity index (χ2v) is 8.99. The van der Waals surface area contributed by atoms with Gasteiger partial charge in [0.05, 0.1) is 11.0 Å². The zero-order chi connectivity index (χ0) is 19.1. The van der Waals surface area contributed by atoms with Crippen LogP contribution in [-0.2, 0) is 19.6 Å². The van der Waals surface area contributed by atoms with Crippen LogP contribution >= 0.6 is 23.5 Å². The van der Waals surface area contributed by atoms with Crippen molar-refractivity contribution in [3.8, 4) is 0 Å². The first-order chi connectivity index (χ1) is 12.2. The zero-order valence-corrected chi connectivity index (χ0v) is 15.1. The number of β-lactam (4-membered cyclic amide) rings is 1. The van der Waals surface area contributed by atoms with Crippen molar-refractivity contribution >= 4 is 45.7 Å². The lowest BCUT2D eigenvalue weighted by Crippen LogP contribution is -2.68. The van der Waals surface area contributed by atoms with Crippen LogP contribution in [0.1, 0.15) is 0 Å². The summed E-state index contributed by atoms with van der Waals surface area (Å²) >= 11 is 2.07. The van der Waals surface area contributed by atoms with Gasteiger partial charge in [-0.2, -0.15) is 8.42 Å². The number of nitrogens with zero attached hydrogens (tertiary/aromatic N) is 4. The summed E-state index contributed by atoms with van der Waals surface area (Å²) in [5.41, 5.74) is 5.88. The van der Waals surface area contributed by atoms with E-state index in [9.17, 15) is 22.6 Å². The number of amides is 1. The summed E-state index contributed by atoms with van der Waals surface area (Å²) in [6, 6.07) is -0.805. The molecule has 1 unspecified atom stereocenters. The number of rotatable bonds is 6. The van der Waals surface area contributed by atoms with Crippen molar-refractivity contribution in [3.05, 3.63) is 11.5 Å². The largest absolute Gasteiger partial charge is 0.512 e. The van der Waals surface area contributed by atoms with Gasteiger partial charge < -0.3 is 15.6 Å². The van der Waals surface area contributed by atoms with Crippen LogP contribution in [0.15, 0.2) is 16.6 Å². The van der Waals surface area contributed by atoms with Gasteiger partial charge in [-0.15, -0.1) is 16.9 Å². The minimum atomic E-state index is -4.44. The number of ether oxygens (including phenoxy) is 1. The number of carbonyl (C=O) groups excluding carboxylic acids is 1. The van der Waals surface area contributed by atoms with E-state index in [1.165, 1.54) is 11.8 Å². The fourth-order valence-electron chi connectivity index (χ4n) is 2.43. The normalized spacial score (nSPS) is 24.1. The average molecular weight is 424 g/mol. The molecular weight excluding hydrogens is 412 g/mol. The summed E-state index contributed by atoms with van der Waals surface area (Å²) in [7, 11) is -4.44. The number of fused-ring (bicyclic) bond motifs is 1. The molecular formula is C10H12N6O7S3. The van der Waals surface area contributed by atoms with Crippen LogP contribution < -0.4 is 5.73 Å². The molecule has 1 fully saturated rings. The smallest absolute Gasteiger partial charge is 0.449 e. The lowest BCUT2D eigenvalue weighted by Gasteiger charge is -2.48. The molecule has 0 bridgehead atoms. The Labute approximate surface area is 154 Å². The van der Waals surface area contributed by atoms with Crippen molar-refractivity contribution in [2.24, 2.45) is 5.73 Å². The van der Waals surface area contributed by atoms with E-state index in [4.69, 9.17) is 15.6 Å². The Bertz CT molecular complexity index is 856. The van der Waals surface area contributed by atoms with Crippen LogP contribution in [0.3, 0.4) is 0 Å². The minimum absolute atomic E-state index is 0.138. The number of nitrogens with two attached hydrogens (primary N) is 1. The third-order valence-electron chi connectivity index (χ3n) is 3.50. The van der Waals surface area contributed by atoms with E-state index in [0.29, 0.717) is 0 Å². The molecule has 5 N–H and O–H groups in total. The van der Waals surface area contributed by atoms with Gasteiger partial charge in [0, 0.05) is 11.3 Å². The molecule has 2 aliphatic heterocycles. The average Bonchev–Trinajstić information content (AvgIpc) is 3.04. The topological polar surface area (TPSA) is 202 Å². The molecule has 1 saturated heterocycles. The molecule has 16 heteroatoms. The second kappa shape index (κ2) is 7.03. The zero-order valence-electron chi connectivity index (χ0n) is 12.7. The van der Waals surface area contributed by atoms with Gasteiger partial charge >= 0.3 is 6.16 Å². The summed E-state index contributed by atoms with van der Waals surface area (Å²) in [5, 5.41) is 20.4. The third kappa shape index (κ3) is 3.78. The predicted molar refractivity (Wildman–Crippen MR) is 87.4 cm³/mol. The van der Waals surface area contributed by atoms with Crippen molar-refractivity contribution in [1.82, 2.24) is 25.5 Å². The molecule has 0 aromatic carbocycles. The van der Waals surface area contributed by atoms with Crippen molar-refractivity contribution in [1.29, 1.82) is 0 Å². The Hall–Kier alpha value is -1.88. The number of nitrogens with one attached hydrogen (secondary N) is 1. The number of hydrogen-bond acceptors (Lipinski definition) is 11. The number of tetrazole rings is 1. The van der Waals surface area contributed by atoms with Crippen molar-refractivity contribution in [2.45, 2.75) is 21.8 Å². The molecule has 0 radical (unpaired) electrons. The molecule has 2 aliphatic rings. The van der Waals surface area contributed by atoms with Crippen LogP contribution in [0.2, 0.25) is 0 Å². The number of carbonyl (C=O) groups is 2. The van der Waals surface area contributed by atoms with E-state index in [0.717, 1.165) is 16.7 Å². The molecule has 1 aromatic heterocycles. The van der Waals surface area contributed by atoms with E-state index in [1.807, 2.05) is 0 Å². The van der Waals surface area contributed by atoms with E-state index in [-0.39, 0.29) is 22.4 Å². The Kier molecular flexibility index (Phi) is 5.11. The lowest BCUT2D eigenvalue weighted by atomic mass is 10.1. The van der Waals surface area contributed by atoms with E-state index in [2.05, 4.69) is 20.6 Å². The predicted octanol–water partition coefficient (Wildman–Crippen LogP) is -1.30. The molecule has 142 valence electrons. The van der Waals surface area contributed by atoms with Crippen LogP contribution in [0.5, 0.6) is 0 Å². The van der Waals surface area contributed by atoms with Crippen LogP contribution in [0.25, 0.3) is 0 Å². The fourth-order valence-corrected chi connectivity index (χ4v) is 6.03. The molecule has 1 amide bonds. The van der Waals surface area contributed by atoms with E-state index >= 15 is 0 Å². The van der Waals surface area contributed by atoms with Gasteiger partial charge in [-0.1, -0.05) is 11.8 Å². The minimum Gasteiger partial charge on any atom is -0.449 e. The Morgan fingerprint density at radius 3 is 2.88 bits per heavy atom. The first-order valence-electron chi connectivity index (χ1n) is 6.87. The third-order valence-corrected chi connectivity index (χ3v) is 6.92. The van der Waals surface area contributed by atoms with Gasteiger partial charge in [0.15, 0.2) is 0 Å². The van der Waals surface area contributed by atoms with E-state index < -0.39 is 44.6 Å². The monoisotopic (exact) mass is 424 g/mol. The first-order valence-corrected chi connectivity index (χ1v) is 10.4. The second-order valence-electron chi connectivity index (χ2n) is 5.20. The number of aromatic nitrogens is 4. The highest BCUT2D eigenvalue weighted by molar-refractivity contribution is 8.01. The summed E-state index contributed by atoms with van der Waals surface area (Å²) in [6.07, 6.45) is -1.67. The first kappa shape index (κ1) is 18.9. The molecule has 3 atom stereocenters. The van der Waals surface area contributed by atoms with Gasteiger partial charge in [-0.05, 0) is 10.4 Å². The van der Waals surface area contributed by atoms with Crippen LogP contribution in [0, 0.1) is 0 Å². The maximum Gasteiger partial charge on any atom is 0.512 e. The highest BCUT2D eigenvalue weighted by atomic mass is 32.2. The Morgan fingerprint density at radius 2 is 2.31 bits per heavy atom. The van der Waals surface area contributed by atoms with Crippen molar-refractivity contribution in [3.63, 3.8) is 0 Å². The van der Waals surface area contributed by atoms with Gasteiger partial charge in [-0.25, -0.2) is 9.89 Å². The SMILES string of the molecule is N[C@@H]1C(=O)N2C(OC(=O)O)=C(C(CS(=O)(=O)O)Sc3nnn[nH]3)CS[C@@H]12. The summed E-state index contributed by atoms with van der Waals surface area (Å²) in [6.45, 7) is 0. The number of carboxylic acid groups (broad SMARTS) is 1. The number of H-pyrrole nitrogens is 1. The van der Waals surface area contributed by atoms with Crippen molar-refractivity contribution < 1.29 is 32.4 Å². The highest BCUT2D eigenvalue weighted by Crippen LogP contribution is 2.43. The quantitative estimate of drug-likeness (QED) is 0.182. The molecule has 3 rings (SSSR count). The molecule has 1 aromatic rings. The van der Waals surface area contributed by atoms with Crippen LogP contribution in [0.4, 0.5) is 4.79 Å². The Balaban J connectivity index is 2.01. The van der Waals surface area contributed by atoms with Gasteiger partial charge in [0.1, 0.15) is 11.4 Å². The summed E-state index contributed by atoms with van der Waals surface area (Å²) < 4.78 is 36.8.